The zero-order chi connectivity index (χ0) is 13.7. The maximum Gasteiger partial charge on any atom is 0.137 e. The number of methoxy groups -OCH3 is 1. The standard InChI is InChI=1S/C14H16ClN3O/c1-19-14-8-11(4-5-12(14)15)13(18-16)7-10-3-2-6-17-9-10/h2-6,8-9,13,18H,7,16H2,1H3. The average molecular weight is 278 g/mol. The first-order valence-corrected chi connectivity index (χ1v) is 6.31. The number of ether oxygens (including phenoxy) is 1. The molecule has 2 rings (SSSR count). The Kier molecular flexibility index (Phi) is 4.74. The van der Waals surface area contributed by atoms with Crippen LogP contribution in [0.3, 0.4) is 0 Å². The second kappa shape index (κ2) is 6.52. The molecule has 0 aliphatic carbocycles. The van der Waals surface area contributed by atoms with Gasteiger partial charge in [0.15, 0.2) is 0 Å². The van der Waals surface area contributed by atoms with Crippen LogP contribution in [0.2, 0.25) is 5.02 Å². The van der Waals surface area contributed by atoms with Crippen molar-refractivity contribution in [1.29, 1.82) is 0 Å². The van der Waals surface area contributed by atoms with Crippen LogP contribution in [0.4, 0.5) is 0 Å². The van der Waals surface area contributed by atoms with Gasteiger partial charge in [0.05, 0.1) is 18.2 Å². The lowest BCUT2D eigenvalue weighted by Gasteiger charge is -2.17. The average Bonchev–Trinajstić information content (AvgIpc) is 2.46. The number of halogens is 1. The number of hydrazine groups is 1. The predicted octanol–water partition coefficient (Wildman–Crippen LogP) is 2.49. The molecule has 2 aromatic rings. The van der Waals surface area contributed by atoms with Gasteiger partial charge in [-0.3, -0.25) is 16.3 Å². The highest BCUT2D eigenvalue weighted by Gasteiger charge is 2.13. The highest BCUT2D eigenvalue weighted by molar-refractivity contribution is 6.32. The Morgan fingerprint density at radius 3 is 2.89 bits per heavy atom. The van der Waals surface area contributed by atoms with Gasteiger partial charge >= 0.3 is 0 Å². The van der Waals surface area contributed by atoms with Gasteiger partial charge in [0, 0.05) is 12.4 Å². The normalized spacial score (nSPS) is 12.2. The molecule has 4 nitrogen and oxygen atoms in total. The third kappa shape index (κ3) is 3.44. The molecular weight excluding hydrogens is 262 g/mol. The van der Waals surface area contributed by atoms with Gasteiger partial charge in [-0.2, -0.15) is 0 Å². The van der Waals surface area contributed by atoms with Crippen LogP contribution in [0.25, 0.3) is 0 Å². The molecule has 1 atom stereocenters. The van der Waals surface area contributed by atoms with Crippen molar-refractivity contribution in [3.8, 4) is 5.75 Å². The highest BCUT2D eigenvalue weighted by atomic mass is 35.5. The van der Waals surface area contributed by atoms with Crippen molar-refractivity contribution < 1.29 is 4.74 Å². The van der Waals surface area contributed by atoms with Gasteiger partial charge in [-0.05, 0) is 35.7 Å². The molecule has 1 aromatic heterocycles. The van der Waals surface area contributed by atoms with Crippen molar-refractivity contribution in [3.63, 3.8) is 0 Å². The molecule has 0 fully saturated rings. The van der Waals surface area contributed by atoms with E-state index in [0.29, 0.717) is 10.8 Å². The fraction of sp³-hybridized carbons (Fsp3) is 0.214. The maximum absolute atomic E-state index is 6.02. The molecule has 19 heavy (non-hydrogen) atoms. The lowest BCUT2D eigenvalue weighted by Crippen LogP contribution is -2.29. The number of nitrogens with zero attached hydrogens (tertiary/aromatic N) is 1. The van der Waals surface area contributed by atoms with Crippen molar-refractivity contribution in [2.24, 2.45) is 5.84 Å². The summed E-state index contributed by atoms with van der Waals surface area (Å²) < 4.78 is 5.22. The van der Waals surface area contributed by atoms with Gasteiger partial charge in [-0.1, -0.05) is 23.7 Å². The minimum atomic E-state index is -0.0182. The molecule has 0 spiro atoms. The first kappa shape index (κ1) is 13.8. The number of nitrogens with two attached hydrogens (primary N) is 1. The zero-order valence-corrected chi connectivity index (χ0v) is 11.4. The van der Waals surface area contributed by atoms with E-state index < -0.39 is 0 Å². The molecule has 100 valence electrons. The quantitative estimate of drug-likeness (QED) is 0.651. The summed E-state index contributed by atoms with van der Waals surface area (Å²) in [6.07, 6.45) is 4.33. The topological polar surface area (TPSA) is 60.2 Å². The van der Waals surface area contributed by atoms with Crippen LogP contribution in [0.15, 0.2) is 42.7 Å². The summed E-state index contributed by atoms with van der Waals surface area (Å²) in [6.45, 7) is 0. The fourth-order valence-electron chi connectivity index (χ4n) is 1.92. The number of hydrogen-bond acceptors (Lipinski definition) is 4. The Labute approximate surface area is 117 Å². The zero-order valence-electron chi connectivity index (χ0n) is 10.6. The predicted molar refractivity (Wildman–Crippen MR) is 76.0 cm³/mol. The molecule has 0 aliphatic rings. The van der Waals surface area contributed by atoms with E-state index in [9.17, 15) is 0 Å². The van der Waals surface area contributed by atoms with E-state index in [2.05, 4.69) is 10.4 Å². The largest absolute Gasteiger partial charge is 0.495 e. The lowest BCUT2D eigenvalue weighted by atomic mass is 10.0. The van der Waals surface area contributed by atoms with E-state index >= 15 is 0 Å². The molecule has 0 amide bonds. The highest BCUT2D eigenvalue weighted by Crippen LogP contribution is 2.28. The third-order valence-corrected chi connectivity index (χ3v) is 3.25. The first-order chi connectivity index (χ1) is 9.24. The number of hydrogen-bond donors (Lipinski definition) is 2. The lowest BCUT2D eigenvalue weighted by molar-refractivity contribution is 0.413. The summed E-state index contributed by atoms with van der Waals surface area (Å²) in [6, 6.07) is 9.55. The van der Waals surface area contributed by atoms with Crippen LogP contribution >= 0.6 is 11.6 Å². The van der Waals surface area contributed by atoms with Crippen LogP contribution in [-0.2, 0) is 6.42 Å². The monoisotopic (exact) mass is 277 g/mol. The molecule has 1 aromatic carbocycles. The Balaban J connectivity index is 2.22. The Morgan fingerprint density at radius 2 is 2.26 bits per heavy atom. The fourth-order valence-corrected chi connectivity index (χ4v) is 2.12. The second-order valence-electron chi connectivity index (χ2n) is 4.18. The van der Waals surface area contributed by atoms with Crippen molar-refractivity contribution in [1.82, 2.24) is 10.4 Å². The summed E-state index contributed by atoms with van der Waals surface area (Å²) in [5.74, 6) is 6.28. The van der Waals surface area contributed by atoms with Crippen molar-refractivity contribution in [2.45, 2.75) is 12.5 Å². The molecule has 0 saturated carbocycles. The van der Waals surface area contributed by atoms with Crippen molar-refractivity contribution in [3.05, 3.63) is 58.9 Å². The Morgan fingerprint density at radius 1 is 1.42 bits per heavy atom. The number of benzene rings is 1. The van der Waals surface area contributed by atoms with E-state index in [1.807, 2.05) is 36.5 Å². The van der Waals surface area contributed by atoms with Gasteiger partial charge < -0.3 is 4.74 Å². The smallest absolute Gasteiger partial charge is 0.137 e. The van der Waals surface area contributed by atoms with E-state index in [-0.39, 0.29) is 6.04 Å². The number of nitrogens with one attached hydrogen (secondary N) is 1. The van der Waals surface area contributed by atoms with Crippen LogP contribution in [-0.4, -0.2) is 12.1 Å². The van der Waals surface area contributed by atoms with Gasteiger partial charge in [0.25, 0.3) is 0 Å². The molecule has 0 saturated heterocycles. The van der Waals surface area contributed by atoms with Gasteiger partial charge in [0.1, 0.15) is 5.75 Å². The van der Waals surface area contributed by atoms with Crippen LogP contribution in [0, 0.1) is 0 Å². The number of aromatic nitrogens is 1. The summed E-state index contributed by atoms with van der Waals surface area (Å²) >= 11 is 6.02. The molecule has 0 aliphatic heterocycles. The molecule has 5 heteroatoms. The molecule has 1 unspecified atom stereocenters. The number of rotatable bonds is 5. The van der Waals surface area contributed by atoms with Gasteiger partial charge in [-0.25, -0.2) is 0 Å². The molecular formula is C14H16ClN3O. The Hall–Kier alpha value is -1.62. The summed E-state index contributed by atoms with van der Waals surface area (Å²) in [4.78, 5) is 4.10. The minimum absolute atomic E-state index is 0.0182. The van der Waals surface area contributed by atoms with Crippen LogP contribution in [0.5, 0.6) is 5.75 Å². The van der Waals surface area contributed by atoms with E-state index in [4.69, 9.17) is 22.2 Å². The molecule has 0 bridgehead atoms. The second-order valence-corrected chi connectivity index (χ2v) is 4.59. The maximum atomic E-state index is 6.02. The summed E-state index contributed by atoms with van der Waals surface area (Å²) in [7, 11) is 1.59. The van der Waals surface area contributed by atoms with Gasteiger partial charge in [0.2, 0.25) is 0 Å². The van der Waals surface area contributed by atoms with Gasteiger partial charge in [-0.15, -0.1) is 0 Å². The van der Waals surface area contributed by atoms with Crippen LogP contribution in [0.1, 0.15) is 17.2 Å². The molecule has 1 heterocycles. The van der Waals surface area contributed by atoms with Crippen molar-refractivity contribution >= 4 is 11.6 Å². The molecule has 0 radical (unpaired) electrons. The van der Waals surface area contributed by atoms with E-state index in [0.717, 1.165) is 17.5 Å². The first-order valence-electron chi connectivity index (χ1n) is 5.93. The summed E-state index contributed by atoms with van der Waals surface area (Å²) in [5.41, 5.74) is 4.94. The third-order valence-electron chi connectivity index (χ3n) is 2.94. The molecule has 3 N–H and O–H groups in total. The van der Waals surface area contributed by atoms with Crippen molar-refractivity contribution in [2.75, 3.05) is 7.11 Å². The van der Waals surface area contributed by atoms with Crippen LogP contribution < -0.4 is 16.0 Å². The van der Waals surface area contributed by atoms with E-state index in [1.54, 1.807) is 13.3 Å². The summed E-state index contributed by atoms with van der Waals surface area (Å²) in [5, 5.41) is 0.586. The Bertz CT molecular complexity index is 533. The minimum Gasteiger partial charge on any atom is -0.495 e. The SMILES string of the molecule is COc1cc(C(Cc2cccnc2)NN)ccc1Cl. The van der Waals surface area contributed by atoms with E-state index in [1.165, 1.54) is 0 Å². The number of pyridine rings is 1.